The van der Waals surface area contributed by atoms with E-state index in [0.29, 0.717) is 21.8 Å². The van der Waals surface area contributed by atoms with E-state index in [4.69, 9.17) is 4.42 Å². The Morgan fingerprint density at radius 1 is 1.23 bits per heavy atom. The van der Waals surface area contributed by atoms with Gasteiger partial charge in [0, 0.05) is 29.1 Å². The summed E-state index contributed by atoms with van der Waals surface area (Å²) in [5.41, 5.74) is 3.24. The van der Waals surface area contributed by atoms with Crippen molar-refractivity contribution in [2.75, 3.05) is 5.32 Å². The van der Waals surface area contributed by atoms with E-state index < -0.39 is 10.8 Å². The van der Waals surface area contributed by atoms with Crippen LogP contribution in [0.5, 0.6) is 0 Å². The molecule has 150 valence electrons. The molecule has 0 aliphatic rings. The number of carbonyl (C=O) groups is 1. The molecule has 30 heavy (non-hydrogen) atoms. The summed E-state index contributed by atoms with van der Waals surface area (Å²) in [6.45, 7) is 3.91. The molecule has 2 aromatic heterocycles. The average Bonchev–Trinajstić information content (AvgIpc) is 3.23. The number of nitrogens with zero attached hydrogens (tertiary/aromatic N) is 3. The molecule has 9 heteroatoms. The molecule has 0 bridgehead atoms. The van der Waals surface area contributed by atoms with Gasteiger partial charge in [0.05, 0.1) is 10.6 Å². The van der Waals surface area contributed by atoms with Gasteiger partial charge in [0.15, 0.2) is 5.13 Å². The smallest absolute Gasteiger partial charge is 0.270 e. The molecule has 2 aromatic carbocycles. The number of carbonyl (C=O) groups excluding carboxylic acids is 1. The van der Waals surface area contributed by atoms with Gasteiger partial charge in [0.25, 0.3) is 11.6 Å². The normalized spacial score (nSPS) is 11.6. The second-order valence-corrected chi connectivity index (χ2v) is 7.46. The molecule has 0 saturated carbocycles. The molecule has 0 radical (unpaired) electrons. The first kappa shape index (κ1) is 19.5. The van der Waals surface area contributed by atoms with Gasteiger partial charge in [0.2, 0.25) is 5.55 Å². The predicted molar refractivity (Wildman–Crippen MR) is 114 cm³/mol. The fourth-order valence-corrected chi connectivity index (χ4v) is 3.42. The summed E-state index contributed by atoms with van der Waals surface area (Å²) in [6, 6.07) is 11.4. The summed E-state index contributed by atoms with van der Waals surface area (Å²) in [7, 11) is 0. The van der Waals surface area contributed by atoms with Gasteiger partial charge in [0.1, 0.15) is 11.1 Å². The van der Waals surface area contributed by atoms with Crippen molar-refractivity contribution in [1.29, 1.82) is 0 Å². The minimum absolute atomic E-state index is 0.0943. The van der Waals surface area contributed by atoms with Crippen molar-refractivity contribution in [2.45, 2.75) is 13.8 Å². The van der Waals surface area contributed by atoms with E-state index >= 15 is 0 Å². The van der Waals surface area contributed by atoms with Crippen LogP contribution >= 0.6 is 11.3 Å². The van der Waals surface area contributed by atoms with Gasteiger partial charge in [-0.05, 0) is 43.2 Å². The van der Waals surface area contributed by atoms with E-state index in [1.807, 2.05) is 32.0 Å². The van der Waals surface area contributed by atoms with Gasteiger partial charge in [-0.15, -0.1) is 11.3 Å². The molecule has 4 aromatic rings. The van der Waals surface area contributed by atoms with Crippen molar-refractivity contribution < 1.29 is 14.1 Å². The Balaban J connectivity index is 1.93. The zero-order chi connectivity index (χ0) is 21.3. The number of nitro benzene ring substituents is 1. The lowest BCUT2D eigenvalue weighted by Gasteiger charge is -2.07. The highest BCUT2D eigenvalue weighted by atomic mass is 32.1. The summed E-state index contributed by atoms with van der Waals surface area (Å²) in [5, 5.41) is 16.4. The molecule has 1 amide bonds. The first-order chi connectivity index (χ1) is 14.4. The van der Waals surface area contributed by atoms with Crippen molar-refractivity contribution in [3.8, 4) is 0 Å². The van der Waals surface area contributed by atoms with E-state index in [-0.39, 0.29) is 16.8 Å². The summed E-state index contributed by atoms with van der Waals surface area (Å²) >= 11 is 1.28. The molecule has 0 aliphatic heterocycles. The van der Waals surface area contributed by atoms with Crippen LogP contribution in [0.15, 0.2) is 63.5 Å². The Morgan fingerprint density at radius 3 is 2.80 bits per heavy atom. The molecule has 0 fully saturated rings. The first-order valence-electron chi connectivity index (χ1n) is 8.96. The Kier molecular flexibility index (Phi) is 5.11. The van der Waals surface area contributed by atoms with Crippen LogP contribution in [0.25, 0.3) is 11.0 Å². The number of rotatable bonds is 4. The van der Waals surface area contributed by atoms with Crippen LogP contribution in [0.1, 0.15) is 21.5 Å². The largest absolute Gasteiger partial charge is 0.438 e. The topological polar surface area (TPSA) is 111 Å². The van der Waals surface area contributed by atoms with E-state index in [1.165, 1.54) is 29.5 Å². The summed E-state index contributed by atoms with van der Waals surface area (Å²) in [6.07, 6.45) is 1.58. The van der Waals surface area contributed by atoms with Gasteiger partial charge >= 0.3 is 0 Å². The third-order valence-corrected chi connectivity index (χ3v) is 5.33. The lowest BCUT2D eigenvalue weighted by atomic mass is 10.1. The van der Waals surface area contributed by atoms with Crippen LogP contribution in [0.4, 0.5) is 16.5 Å². The van der Waals surface area contributed by atoms with Gasteiger partial charge < -0.3 is 4.42 Å². The number of thiazole rings is 1. The number of benzene rings is 2. The van der Waals surface area contributed by atoms with Crippen LogP contribution in [0.3, 0.4) is 0 Å². The predicted octanol–water partition coefficient (Wildman–Crippen LogP) is 4.90. The number of aromatic nitrogens is 1. The molecule has 0 saturated heterocycles. The average molecular weight is 420 g/mol. The Hall–Kier alpha value is -3.85. The Bertz CT molecular complexity index is 1340. The summed E-state index contributed by atoms with van der Waals surface area (Å²) in [4.78, 5) is 32.2. The molecule has 4 rings (SSSR count). The third kappa shape index (κ3) is 3.83. The minimum atomic E-state index is -0.497. The zero-order valence-corrected chi connectivity index (χ0v) is 16.9. The number of fused-ring (bicyclic) bond motifs is 1. The maximum atomic E-state index is 12.9. The molecule has 2 heterocycles. The van der Waals surface area contributed by atoms with Crippen molar-refractivity contribution in [3.05, 3.63) is 86.4 Å². The molecule has 1 N–H and O–H groups in total. The van der Waals surface area contributed by atoms with E-state index in [0.717, 1.165) is 11.1 Å². The number of hydrogen-bond acceptors (Lipinski definition) is 7. The number of aryl methyl sites for hydroxylation is 1. The molecular formula is C21H16N4O4S. The quantitative estimate of drug-likeness (QED) is 0.373. The van der Waals surface area contributed by atoms with Crippen molar-refractivity contribution in [1.82, 2.24) is 4.98 Å². The van der Waals surface area contributed by atoms with Crippen molar-refractivity contribution in [3.63, 3.8) is 0 Å². The fraction of sp³-hybridized carbons (Fsp3) is 0.0952. The zero-order valence-electron chi connectivity index (χ0n) is 16.1. The molecular weight excluding hydrogens is 404 g/mol. The number of non-ortho nitro benzene ring substituents is 1. The Morgan fingerprint density at radius 2 is 2.07 bits per heavy atom. The Labute approximate surface area is 174 Å². The maximum absolute atomic E-state index is 12.9. The van der Waals surface area contributed by atoms with Crippen LogP contribution in [-0.2, 0) is 0 Å². The summed E-state index contributed by atoms with van der Waals surface area (Å²) < 4.78 is 5.90. The van der Waals surface area contributed by atoms with Gasteiger partial charge in [-0.3, -0.25) is 20.2 Å². The summed E-state index contributed by atoms with van der Waals surface area (Å²) in [5.74, 6) is -0.467. The van der Waals surface area contributed by atoms with Gasteiger partial charge in [-0.1, -0.05) is 12.1 Å². The number of amides is 1. The van der Waals surface area contributed by atoms with Crippen LogP contribution in [-0.4, -0.2) is 15.8 Å². The second-order valence-electron chi connectivity index (χ2n) is 6.57. The molecule has 0 spiro atoms. The van der Waals surface area contributed by atoms with E-state index in [9.17, 15) is 14.9 Å². The van der Waals surface area contributed by atoms with Gasteiger partial charge in [-0.2, -0.15) is 0 Å². The SMILES string of the molecule is Cc1cccc(N=c2oc3ccc([N+](=O)[O-])cc3cc2C(=O)Nc2nccs2)c1C. The lowest BCUT2D eigenvalue weighted by molar-refractivity contribution is -0.384. The number of nitrogens with one attached hydrogen (secondary N) is 1. The maximum Gasteiger partial charge on any atom is 0.270 e. The standard InChI is InChI=1S/C21H16N4O4S/c1-12-4-3-5-17(13(12)2)23-20-16(19(26)24-21-22-8-9-30-21)11-14-10-15(25(27)28)6-7-18(14)29-20/h3-11H,1-2H3,(H,22,24,26). The van der Waals surface area contributed by atoms with Crippen molar-refractivity contribution >= 4 is 44.7 Å². The molecule has 0 aliphatic carbocycles. The number of anilines is 1. The molecule has 8 nitrogen and oxygen atoms in total. The van der Waals surface area contributed by atoms with Crippen LogP contribution < -0.4 is 10.9 Å². The first-order valence-corrected chi connectivity index (χ1v) is 9.84. The van der Waals surface area contributed by atoms with Crippen LogP contribution in [0.2, 0.25) is 0 Å². The monoisotopic (exact) mass is 420 g/mol. The van der Waals surface area contributed by atoms with Crippen molar-refractivity contribution in [2.24, 2.45) is 4.99 Å². The lowest BCUT2D eigenvalue weighted by Crippen LogP contribution is -2.21. The highest BCUT2D eigenvalue weighted by Crippen LogP contribution is 2.23. The van der Waals surface area contributed by atoms with Gasteiger partial charge in [-0.25, -0.2) is 9.98 Å². The van der Waals surface area contributed by atoms with E-state index in [2.05, 4.69) is 15.3 Å². The number of nitro groups is 1. The minimum Gasteiger partial charge on any atom is -0.438 e. The van der Waals surface area contributed by atoms with Crippen LogP contribution in [0, 0.1) is 24.0 Å². The number of hydrogen-bond donors (Lipinski definition) is 1. The third-order valence-electron chi connectivity index (χ3n) is 4.64. The van der Waals surface area contributed by atoms with E-state index in [1.54, 1.807) is 17.6 Å². The molecule has 0 atom stereocenters. The highest BCUT2D eigenvalue weighted by molar-refractivity contribution is 7.13. The fourth-order valence-electron chi connectivity index (χ4n) is 2.89. The second kappa shape index (κ2) is 7.88. The molecule has 0 unspecified atom stereocenters. The highest BCUT2D eigenvalue weighted by Gasteiger charge is 2.16.